The lowest BCUT2D eigenvalue weighted by Gasteiger charge is -1.99. The van der Waals surface area contributed by atoms with E-state index in [1.807, 2.05) is 25.1 Å². The second kappa shape index (κ2) is 3.88. The molecule has 12 heavy (non-hydrogen) atoms. The molecular formula is C9H13N3. The van der Waals surface area contributed by atoms with E-state index in [9.17, 15) is 0 Å². The maximum absolute atomic E-state index is 5.54. The van der Waals surface area contributed by atoms with Gasteiger partial charge in [-0.3, -0.25) is 4.98 Å². The molecule has 0 aliphatic rings. The smallest absolute Gasteiger partial charge is 0.0657 e. The maximum Gasteiger partial charge on any atom is 0.0657 e. The molecule has 0 unspecified atom stereocenters. The lowest BCUT2D eigenvalue weighted by Crippen LogP contribution is -1.94. The summed E-state index contributed by atoms with van der Waals surface area (Å²) in [7, 11) is 0. The first-order valence-electron chi connectivity index (χ1n) is 3.83. The van der Waals surface area contributed by atoms with Gasteiger partial charge in [-0.2, -0.15) is 0 Å². The average Bonchev–Trinajstić information content (AvgIpc) is 2.03. The van der Waals surface area contributed by atoms with Gasteiger partial charge in [0.05, 0.1) is 17.6 Å². The number of pyridine rings is 1. The Morgan fingerprint density at radius 1 is 1.58 bits per heavy atom. The molecule has 0 saturated heterocycles. The van der Waals surface area contributed by atoms with Gasteiger partial charge in [0.2, 0.25) is 0 Å². The molecule has 0 aliphatic carbocycles. The number of nitrogens with two attached hydrogens (primary N) is 2. The van der Waals surface area contributed by atoms with E-state index < -0.39 is 0 Å². The van der Waals surface area contributed by atoms with Gasteiger partial charge in [0.1, 0.15) is 0 Å². The highest BCUT2D eigenvalue weighted by molar-refractivity contribution is 5.52. The van der Waals surface area contributed by atoms with Gasteiger partial charge in [0.15, 0.2) is 0 Å². The van der Waals surface area contributed by atoms with Crippen LogP contribution in [0.2, 0.25) is 0 Å². The van der Waals surface area contributed by atoms with Crippen molar-refractivity contribution in [1.29, 1.82) is 0 Å². The molecule has 0 saturated carbocycles. The molecule has 0 amide bonds. The van der Waals surface area contributed by atoms with E-state index in [0.29, 0.717) is 12.2 Å². The largest absolute Gasteiger partial charge is 0.397 e. The lowest BCUT2D eigenvalue weighted by molar-refractivity contribution is 1.22. The lowest BCUT2D eigenvalue weighted by atomic mass is 10.2. The molecule has 1 rings (SSSR count). The highest BCUT2D eigenvalue weighted by Gasteiger charge is 1.94. The van der Waals surface area contributed by atoms with E-state index in [0.717, 1.165) is 11.3 Å². The van der Waals surface area contributed by atoms with Gasteiger partial charge < -0.3 is 11.5 Å². The topological polar surface area (TPSA) is 64.9 Å². The Morgan fingerprint density at radius 3 is 2.92 bits per heavy atom. The SMILES string of the molecule is Cc1cc(N)cnc1C=CCN. The Kier molecular flexibility index (Phi) is 2.82. The number of hydrogen-bond donors (Lipinski definition) is 2. The third kappa shape index (κ3) is 2.07. The first kappa shape index (κ1) is 8.74. The van der Waals surface area contributed by atoms with Gasteiger partial charge in [-0.25, -0.2) is 0 Å². The number of anilines is 1. The molecule has 0 aliphatic heterocycles. The highest BCUT2D eigenvalue weighted by Crippen LogP contribution is 2.09. The van der Waals surface area contributed by atoms with Crippen molar-refractivity contribution in [1.82, 2.24) is 4.98 Å². The van der Waals surface area contributed by atoms with Crippen molar-refractivity contribution in [3.8, 4) is 0 Å². The molecular weight excluding hydrogens is 150 g/mol. The molecule has 1 aromatic rings. The predicted molar refractivity (Wildman–Crippen MR) is 51.5 cm³/mol. The minimum Gasteiger partial charge on any atom is -0.397 e. The summed E-state index contributed by atoms with van der Waals surface area (Å²) >= 11 is 0. The minimum atomic E-state index is 0.533. The monoisotopic (exact) mass is 163 g/mol. The van der Waals surface area contributed by atoms with Crippen LogP contribution in [-0.2, 0) is 0 Å². The molecule has 1 aromatic heterocycles. The van der Waals surface area contributed by atoms with Crippen LogP contribution in [0.3, 0.4) is 0 Å². The fourth-order valence-corrected chi connectivity index (χ4v) is 0.961. The fraction of sp³-hybridized carbons (Fsp3) is 0.222. The van der Waals surface area contributed by atoms with Crippen LogP contribution in [0.5, 0.6) is 0 Å². The minimum absolute atomic E-state index is 0.533. The number of aromatic nitrogens is 1. The zero-order valence-electron chi connectivity index (χ0n) is 7.12. The van der Waals surface area contributed by atoms with Crippen molar-refractivity contribution in [3.63, 3.8) is 0 Å². The quantitative estimate of drug-likeness (QED) is 0.682. The van der Waals surface area contributed by atoms with E-state index in [4.69, 9.17) is 11.5 Å². The number of nitrogens with zero attached hydrogens (tertiary/aromatic N) is 1. The van der Waals surface area contributed by atoms with E-state index in [1.54, 1.807) is 6.20 Å². The third-order valence-corrected chi connectivity index (χ3v) is 1.55. The van der Waals surface area contributed by atoms with Gasteiger partial charge in [-0.05, 0) is 24.6 Å². The van der Waals surface area contributed by atoms with Crippen molar-refractivity contribution < 1.29 is 0 Å². The highest BCUT2D eigenvalue weighted by atomic mass is 14.7. The molecule has 0 fully saturated rings. The Morgan fingerprint density at radius 2 is 2.33 bits per heavy atom. The van der Waals surface area contributed by atoms with Gasteiger partial charge in [0.25, 0.3) is 0 Å². The average molecular weight is 163 g/mol. The molecule has 0 spiro atoms. The summed E-state index contributed by atoms with van der Waals surface area (Å²) in [6.45, 7) is 2.51. The first-order valence-corrected chi connectivity index (χ1v) is 3.83. The van der Waals surface area contributed by atoms with Crippen LogP contribution in [-0.4, -0.2) is 11.5 Å². The molecule has 4 N–H and O–H groups in total. The van der Waals surface area contributed by atoms with Crippen LogP contribution in [0.15, 0.2) is 18.3 Å². The van der Waals surface area contributed by atoms with Crippen molar-refractivity contribution in [3.05, 3.63) is 29.6 Å². The maximum atomic E-state index is 5.54. The van der Waals surface area contributed by atoms with Gasteiger partial charge in [-0.15, -0.1) is 0 Å². The van der Waals surface area contributed by atoms with Crippen LogP contribution in [0.4, 0.5) is 5.69 Å². The van der Waals surface area contributed by atoms with E-state index >= 15 is 0 Å². The second-order valence-electron chi connectivity index (χ2n) is 2.61. The molecule has 0 bridgehead atoms. The van der Waals surface area contributed by atoms with Crippen LogP contribution in [0.1, 0.15) is 11.3 Å². The predicted octanol–water partition coefficient (Wildman–Crippen LogP) is 0.944. The van der Waals surface area contributed by atoms with E-state index in [1.165, 1.54) is 0 Å². The molecule has 0 aromatic carbocycles. The van der Waals surface area contributed by atoms with Crippen LogP contribution in [0.25, 0.3) is 6.08 Å². The zero-order chi connectivity index (χ0) is 8.97. The summed E-state index contributed by atoms with van der Waals surface area (Å²) in [6, 6.07) is 1.89. The van der Waals surface area contributed by atoms with Crippen molar-refractivity contribution in [2.75, 3.05) is 12.3 Å². The van der Waals surface area contributed by atoms with Crippen LogP contribution >= 0.6 is 0 Å². The molecule has 0 radical (unpaired) electrons. The normalized spacial score (nSPS) is 10.8. The Labute approximate surface area is 72.1 Å². The number of rotatable bonds is 2. The molecule has 1 heterocycles. The number of aryl methyl sites for hydroxylation is 1. The van der Waals surface area contributed by atoms with Gasteiger partial charge >= 0.3 is 0 Å². The Hall–Kier alpha value is -1.35. The van der Waals surface area contributed by atoms with Gasteiger partial charge in [0, 0.05) is 6.54 Å². The standard InChI is InChI=1S/C9H13N3/c1-7-5-8(11)6-12-9(7)3-2-4-10/h2-3,5-6H,4,10-11H2,1H3. The van der Waals surface area contributed by atoms with Crippen LogP contribution < -0.4 is 11.5 Å². The molecule has 64 valence electrons. The summed E-state index contributed by atoms with van der Waals surface area (Å²) in [5.41, 5.74) is 13.5. The molecule has 3 nitrogen and oxygen atoms in total. The second-order valence-corrected chi connectivity index (χ2v) is 2.61. The summed E-state index contributed by atoms with van der Waals surface area (Å²) in [4.78, 5) is 4.15. The molecule has 0 atom stereocenters. The Bertz CT molecular complexity index is 292. The summed E-state index contributed by atoms with van der Waals surface area (Å²) in [5.74, 6) is 0. The van der Waals surface area contributed by atoms with Gasteiger partial charge in [-0.1, -0.05) is 6.08 Å². The van der Waals surface area contributed by atoms with Crippen molar-refractivity contribution in [2.24, 2.45) is 5.73 Å². The van der Waals surface area contributed by atoms with Crippen molar-refractivity contribution >= 4 is 11.8 Å². The van der Waals surface area contributed by atoms with Crippen molar-refractivity contribution in [2.45, 2.75) is 6.92 Å². The summed E-state index contributed by atoms with van der Waals surface area (Å²) < 4.78 is 0. The van der Waals surface area contributed by atoms with E-state index in [2.05, 4.69) is 4.98 Å². The number of nitrogen functional groups attached to an aromatic ring is 1. The summed E-state index contributed by atoms with van der Waals surface area (Å²) in [6.07, 6.45) is 5.41. The summed E-state index contributed by atoms with van der Waals surface area (Å²) in [5, 5.41) is 0. The molecule has 3 heteroatoms. The first-order chi connectivity index (χ1) is 5.74. The third-order valence-electron chi connectivity index (χ3n) is 1.55. The fourth-order valence-electron chi connectivity index (χ4n) is 0.961. The Balaban J connectivity index is 2.94. The number of hydrogen-bond acceptors (Lipinski definition) is 3. The zero-order valence-corrected chi connectivity index (χ0v) is 7.12. The van der Waals surface area contributed by atoms with E-state index in [-0.39, 0.29) is 0 Å². The van der Waals surface area contributed by atoms with Crippen LogP contribution in [0, 0.1) is 6.92 Å².